The second-order valence-electron chi connectivity index (χ2n) is 7.21. The molecule has 2 heterocycles. The van der Waals surface area contributed by atoms with E-state index in [-0.39, 0.29) is 0 Å². The number of benzene rings is 1. The van der Waals surface area contributed by atoms with Gasteiger partial charge in [0.15, 0.2) is 5.82 Å². The lowest BCUT2D eigenvalue weighted by Crippen LogP contribution is -2.35. The molecule has 0 N–H and O–H groups in total. The van der Waals surface area contributed by atoms with Crippen molar-refractivity contribution in [1.29, 1.82) is 0 Å². The molecule has 140 valence electrons. The molecule has 0 amide bonds. The van der Waals surface area contributed by atoms with Crippen molar-refractivity contribution in [3.8, 4) is 0 Å². The third kappa shape index (κ3) is 3.13. The fourth-order valence-corrected chi connectivity index (χ4v) is 4.12. The van der Waals surface area contributed by atoms with Crippen LogP contribution in [0.3, 0.4) is 0 Å². The SMILES string of the molecule is FC(F)(F)c1cccc(C2(c3nc(C4CCCC4)no3)CCOCC2)c1. The highest BCUT2D eigenvalue weighted by molar-refractivity contribution is 5.37. The molecule has 4 nitrogen and oxygen atoms in total. The highest BCUT2D eigenvalue weighted by Crippen LogP contribution is 2.43. The minimum atomic E-state index is -4.38. The Kier molecular flexibility index (Phi) is 4.50. The third-order valence-electron chi connectivity index (χ3n) is 5.66. The molecule has 7 heteroatoms. The van der Waals surface area contributed by atoms with Crippen LogP contribution in [0, 0.1) is 0 Å². The first-order valence-electron chi connectivity index (χ1n) is 9.09. The minimum Gasteiger partial charge on any atom is -0.381 e. The Morgan fingerprint density at radius 3 is 2.50 bits per heavy atom. The normalized spacial score (nSPS) is 21.2. The van der Waals surface area contributed by atoms with Crippen molar-refractivity contribution in [2.45, 2.75) is 56.0 Å². The van der Waals surface area contributed by atoms with Crippen molar-refractivity contribution < 1.29 is 22.4 Å². The number of aromatic nitrogens is 2. The summed E-state index contributed by atoms with van der Waals surface area (Å²) in [7, 11) is 0. The van der Waals surface area contributed by atoms with E-state index in [1.807, 2.05) is 0 Å². The summed E-state index contributed by atoms with van der Waals surface area (Å²) >= 11 is 0. The zero-order valence-corrected chi connectivity index (χ0v) is 14.4. The highest BCUT2D eigenvalue weighted by atomic mass is 19.4. The van der Waals surface area contributed by atoms with Crippen molar-refractivity contribution in [3.05, 3.63) is 47.1 Å². The number of nitrogens with zero attached hydrogens (tertiary/aromatic N) is 2. The summed E-state index contributed by atoms with van der Waals surface area (Å²) < 4.78 is 50.6. The maximum Gasteiger partial charge on any atom is 0.416 e. The number of ether oxygens (including phenoxy) is 1. The average Bonchev–Trinajstić information content (AvgIpc) is 3.33. The monoisotopic (exact) mass is 366 g/mol. The van der Waals surface area contributed by atoms with Gasteiger partial charge < -0.3 is 9.26 Å². The summed E-state index contributed by atoms with van der Waals surface area (Å²) in [6.45, 7) is 0.911. The molecule has 2 aliphatic rings. The van der Waals surface area contributed by atoms with Crippen molar-refractivity contribution in [2.75, 3.05) is 13.2 Å². The van der Waals surface area contributed by atoms with Gasteiger partial charge in [-0.1, -0.05) is 36.2 Å². The predicted molar refractivity (Wildman–Crippen MR) is 87.8 cm³/mol. The Morgan fingerprint density at radius 2 is 1.81 bits per heavy atom. The quantitative estimate of drug-likeness (QED) is 0.780. The molecule has 26 heavy (non-hydrogen) atoms. The van der Waals surface area contributed by atoms with Gasteiger partial charge >= 0.3 is 6.18 Å². The molecule has 2 aromatic rings. The Balaban J connectivity index is 1.75. The van der Waals surface area contributed by atoms with Gasteiger partial charge in [-0.25, -0.2) is 0 Å². The molecular weight excluding hydrogens is 345 g/mol. The van der Waals surface area contributed by atoms with Crippen LogP contribution in [0.15, 0.2) is 28.8 Å². The van der Waals surface area contributed by atoms with Crippen LogP contribution in [0.2, 0.25) is 0 Å². The van der Waals surface area contributed by atoms with Gasteiger partial charge in [-0.15, -0.1) is 0 Å². The van der Waals surface area contributed by atoms with Crippen LogP contribution in [0.25, 0.3) is 0 Å². The molecule has 2 fully saturated rings. The first-order valence-corrected chi connectivity index (χ1v) is 9.09. The third-order valence-corrected chi connectivity index (χ3v) is 5.66. The number of alkyl halides is 3. The first-order chi connectivity index (χ1) is 12.5. The van der Waals surface area contributed by atoms with E-state index in [9.17, 15) is 13.2 Å². The van der Waals surface area contributed by atoms with E-state index in [2.05, 4.69) is 10.1 Å². The summed E-state index contributed by atoms with van der Waals surface area (Å²) in [6.07, 6.45) is 1.06. The lowest BCUT2D eigenvalue weighted by molar-refractivity contribution is -0.137. The Morgan fingerprint density at radius 1 is 1.08 bits per heavy atom. The lowest BCUT2D eigenvalue weighted by Gasteiger charge is -2.34. The summed E-state index contributed by atoms with van der Waals surface area (Å²) in [4.78, 5) is 4.64. The molecule has 0 atom stereocenters. The van der Waals surface area contributed by atoms with Crippen molar-refractivity contribution in [3.63, 3.8) is 0 Å². The van der Waals surface area contributed by atoms with Crippen LogP contribution in [-0.2, 0) is 16.3 Å². The average molecular weight is 366 g/mol. The van der Waals surface area contributed by atoms with E-state index in [1.165, 1.54) is 12.1 Å². The van der Waals surface area contributed by atoms with Gasteiger partial charge in [0.25, 0.3) is 0 Å². The summed E-state index contributed by atoms with van der Waals surface area (Å²) in [6, 6.07) is 5.47. The van der Waals surface area contributed by atoms with Crippen LogP contribution in [0.4, 0.5) is 13.2 Å². The predicted octanol–water partition coefficient (Wildman–Crippen LogP) is 4.84. The lowest BCUT2D eigenvalue weighted by atomic mass is 9.73. The van der Waals surface area contributed by atoms with E-state index >= 15 is 0 Å². The first kappa shape index (κ1) is 17.5. The van der Waals surface area contributed by atoms with Crippen LogP contribution in [-0.4, -0.2) is 23.4 Å². The summed E-state index contributed by atoms with van der Waals surface area (Å²) in [5, 5.41) is 4.17. The number of rotatable bonds is 3. The van der Waals surface area contributed by atoms with Gasteiger partial charge in [-0.3, -0.25) is 0 Å². The Bertz CT molecular complexity index is 760. The molecule has 0 bridgehead atoms. The molecular formula is C19H21F3N2O2. The summed E-state index contributed by atoms with van der Waals surface area (Å²) in [5.74, 6) is 1.41. The van der Waals surface area contributed by atoms with Crippen LogP contribution < -0.4 is 0 Å². The van der Waals surface area contributed by atoms with Gasteiger partial charge in [0.05, 0.1) is 11.0 Å². The molecule has 0 radical (unpaired) electrons. The molecule has 4 rings (SSSR count). The molecule has 1 aromatic heterocycles. The van der Waals surface area contributed by atoms with Crippen molar-refractivity contribution in [1.82, 2.24) is 10.1 Å². The minimum absolute atomic E-state index is 0.297. The Labute approximate surface area is 149 Å². The molecule has 0 unspecified atom stereocenters. The molecule has 0 spiro atoms. The molecule has 1 aliphatic carbocycles. The van der Waals surface area contributed by atoms with Crippen molar-refractivity contribution in [2.24, 2.45) is 0 Å². The van der Waals surface area contributed by atoms with E-state index < -0.39 is 17.2 Å². The number of hydrogen-bond acceptors (Lipinski definition) is 4. The van der Waals surface area contributed by atoms with Crippen LogP contribution >= 0.6 is 0 Å². The largest absolute Gasteiger partial charge is 0.416 e. The molecule has 1 saturated heterocycles. The maximum absolute atomic E-state index is 13.2. The van der Waals surface area contributed by atoms with E-state index in [4.69, 9.17) is 9.26 Å². The zero-order chi connectivity index (χ0) is 18.2. The second-order valence-corrected chi connectivity index (χ2v) is 7.21. The van der Waals surface area contributed by atoms with E-state index in [0.717, 1.165) is 31.7 Å². The highest BCUT2D eigenvalue weighted by Gasteiger charge is 2.43. The fraction of sp³-hybridized carbons (Fsp3) is 0.579. The summed E-state index contributed by atoms with van der Waals surface area (Å²) in [5.41, 5.74) is -0.808. The second kappa shape index (κ2) is 6.68. The maximum atomic E-state index is 13.2. The van der Waals surface area contributed by atoms with Crippen molar-refractivity contribution >= 4 is 0 Å². The molecule has 1 aliphatic heterocycles. The number of hydrogen-bond donors (Lipinski definition) is 0. The molecule has 1 saturated carbocycles. The zero-order valence-electron chi connectivity index (χ0n) is 14.4. The van der Waals surface area contributed by atoms with Gasteiger partial charge in [-0.2, -0.15) is 18.2 Å². The standard InChI is InChI=1S/C19H21F3N2O2/c20-19(21,22)15-7-3-6-14(12-15)18(8-10-25-11-9-18)17-23-16(24-26-17)13-4-1-2-5-13/h3,6-7,12-13H,1-2,4-5,8-11H2. The topological polar surface area (TPSA) is 48.2 Å². The van der Waals surface area contributed by atoms with Crippen LogP contribution in [0.1, 0.15) is 67.3 Å². The van der Waals surface area contributed by atoms with Gasteiger partial charge in [0.2, 0.25) is 5.89 Å². The van der Waals surface area contributed by atoms with Gasteiger partial charge in [-0.05, 0) is 37.3 Å². The molecule has 1 aromatic carbocycles. The smallest absolute Gasteiger partial charge is 0.381 e. The van der Waals surface area contributed by atoms with E-state index in [1.54, 1.807) is 6.07 Å². The van der Waals surface area contributed by atoms with E-state index in [0.29, 0.717) is 49.3 Å². The van der Waals surface area contributed by atoms with Crippen LogP contribution in [0.5, 0.6) is 0 Å². The Hall–Kier alpha value is -1.89. The van der Waals surface area contributed by atoms with Gasteiger partial charge in [0.1, 0.15) is 0 Å². The fourth-order valence-electron chi connectivity index (χ4n) is 4.12. The van der Waals surface area contributed by atoms with Gasteiger partial charge in [0, 0.05) is 19.1 Å². The number of halogens is 3.